The van der Waals surface area contributed by atoms with Gasteiger partial charge in [0.15, 0.2) is 11.7 Å². The smallest absolute Gasteiger partial charge is 0.180 e. The maximum atomic E-state index is 14.2. The number of hydrogen-bond acceptors (Lipinski definition) is 5. The first kappa shape index (κ1) is 19.4. The summed E-state index contributed by atoms with van der Waals surface area (Å²) in [6, 6.07) is 9.36. The molecular formula is C20H20F2N6. The van der Waals surface area contributed by atoms with Crippen molar-refractivity contribution in [2.24, 2.45) is 16.6 Å². The maximum Gasteiger partial charge on any atom is 0.180 e. The largest absolute Gasteiger partial charge is 0.383 e. The first-order valence-corrected chi connectivity index (χ1v) is 8.55. The zero-order chi connectivity index (χ0) is 20.1. The van der Waals surface area contributed by atoms with Crippen molar-refractivity contribution in [1.82, 2.24) is 10.4 Å². The molecule has 1 heterocycles. The van der Waals surface area contributed by atoms with Crippen LogP contribution in [-0.4, -0.2) is 10.8 Å². The molecule has 1 aliphatic rings. The Kier molecular flexibility index (Phi) is 5.93. The van der Waals surface area contributed by atoms with Crippen LogP contribution in [0.2, 0.25) is 0 Å². The number of nitrogens with zero attached hydrogens (tertiary/aromatic N) is 2. The number of pyridine rings is 1. The Morgan fingerprint density at radius 1 is 1.18 bits per heavy atom. The first-order valence-electron chi connectivity index (χ1n) is 8.55. The molecule has 0 saturated carbocycles. The summed E-state index contributed by atoms with van der Waals surface area (Å²) in [5.74, 6) is 3.85. The SMILES string of the molecule is NCc1ccc(-c2cnc(N)c(C(=NC3=CC=CCC(F)=C3F)NN)c2)cc1. The summed E-state index contributed by atoms with van der Waals surface area (Å²) < 4.78 is 27.9. The highest BCUT2D eigenvalue weighted by Gasteiger charge is 2.16. The van der Waals surface area contributed by atoms with E-state index in [2.05, 4.69) is 15.4 Å². The van der Waals surface area contributed by atoms with E-state index in [0.29, 0.717) is 12.1 Å². The monoisotopic (exact) mass is 382 g/mol. The Morgan fingerprint density at radius 2 is 1.93 bits per heavy atom. The topological polar surface area (TPSA) is 115 Å². The van der Waals surface area contributed by atoms with E-state index in [1.165, 1.54) is 18.2 Å². The standard InChI is InChI=1S/C20H20F2N6/c21-16-3-1-2-4-17(18(16)22)27-20(28-25)15-9-14(11-26-19(15)24)13-7-5-12(10-23)6-8-13/h1-2,4-9,11H,3,10,23,25H2,(H2,24,26)(H,27,28). The average molecular weight is 382 g/mol. The van der Waals surface area contributed by atoms with E-state index in [-0.39, 0.29) is 23.8 Å². The third kappa shape index (κ3) is 4.13. The molecule has 0 radical (unpaired) electrons. The summed E-state index contributed by atoms with van der Waals surface area (Å²) in [7, 11) is 0. The van der Waals surface area contributed by atoms with Gasteiger partial charge in [-0.25, -0.2) is 24.6 Å². The summed E-state index contributed by atoms with van der Waals surface area (Å²) in [5.41, 5.74) is 16.8. The number of nitrogens with one attached hydrogen (secondary N) is 1. The molecule has 144 valence electrons. The fourth-order valence-corrected chi connectivity index (χ4v) is 2.67. The van der Waals surface area contributed by atoms with Crippen molar-refractivity contribution in [2.45, 2.75) is 13.0 Å². The quantitative estimate of drug-likeness (QED) is 0.281. The molecule has 0 atom stereocenters. The van der Waals surface area contributed by atoms with Gasteiger partial charge in [-0.3, -0.25) is 0 Å². The summed E-state index contributed by atoms with van der Waals surface area (Å²) in [6.07, 6.45) is 5.85. The average Bonchev–Trinajstić information content (AvgIpc) is 2.88. The second-order valence-electron chi connectivity index (χ2n) is 6.07. The van der Waals surface area contributed by atoms with Crippen LogP contribution in [0.5, 0.6) is 0 Å². The number of rotatable bonds is 4. The van der Waals surface area contributed by atoms with Gasteiger partial charge in [0.05, 0.1) is 5.56 Å². The number of benzene rings is 1. The second kappa shape index (κ2) is 8.55. The van der Waals surface area contributed by atoms with Crippen LogP contribution >= 0.6 is 0 Å². The number of hydrazine groups is 1. The van der Waals surface area contributed by atoms with Crippen LogP contribution in [-0.2, 0) is 6.54 Å². The van der Waals surface area contributed by atoms with Gasteiger partial charge in [-0.15, -0.1) is 0 Å². The Hall–Kier alpha value is -3.36. The zero-order valence-electron chi connectivity index (χ0n) is 15.0. The minimum atomic E-state index is -1.04. The molecule has 0 spiro atoms. The number of nitrogens with two attached hydrogens (primary N) is 3. The highest BCUT2D eigenvalue weighted by molar-refractivity contribution is 6.03. The van der Waals surface area contributed by atoms with E-state index in [1.54, 1.807) is 12.3 Å². The molecule has 6 nitrogen and oxygen atoms in total. The molecule has 28 heavy (non-hydrogen) atoms. The van der Waals surface area contributed by atoms with E-state index in [4.69, 9.17) is 17.3 Å². The lowest BCUT2D eigenvalue weighted by molar-refractivity contribution is 0.533. The van der Waals surface area contributed by atoms with Crippen molar-refractivity contribution in [3.8, 4) is 11.1 Å². The summed E-state index contributed by atoms with van der Waals surface area (Å²) in [6.45, 7) is 0.443. The van der Waals surface area contributed by atoms with E-state index in [0.717, 1.165) is 16.7 Å². The predicted octanol–water partition coefficient (Wildman–Crippen LogP) is 2.99. The van der Waals surface area contributed by atoms with Gasteiger partial charge in [-0.05, 0) is 23.3 Å². The Morgan fingerprint density at radius 3 is 2.61 bits per heavy atom. The number of aliphatic imine (C=N–C) groups is 1. The lowest BCUT2D eigenvalue weighted by atomic mass is 10.0. The van der Waals surface area contributed by atoms with Gasteiger partial charge in [0.25, 0.3) is 0 Å². The molecule has 1 aromatic heterocycles. The molecular weight excluding hydrogens is 362 g/mol. The highest BCUT2D eigenvalue weighted by atomic mass is 19.2. The molecule has 0 unspecified atom stereocenters. The first-order chi connectivity index (χ1) is 13.5. The lowest BCUT2D eigenvalue weighted by Crippen LogP contribution is -2.32. The molecule has 2 aromatic rings. The summed E-state index contributed by atoms with van der Waals surface area (Å²) in [5, 5.41) is 0. The molecule has 0 amide bonds. The molecule has 8 heteroatoms. The van der Waals surface area contributed by atoms with Gasteiger partial charge >= 0.3 is 0 Å². The number of halogens is 2. The number of amidine groups is 1. The third-order valence-corrected chi connectivity index (χ3v) is 4.22. The van der Waals surface area contributed by atoms with Crippen LogP contribution in [0.4, 0.5) is 14.6 Å². The summed E-state index contributed by atoms with van der Waals surface area (Å²) in [4.78, 5) is 8.30. The van der Waals surface area contributed by atoms with Gasteiger partial charge in [0.1, 0.15) is 17.3 Å². The number of nitrogen functional groups attached to an aromatic ring is 1. The minimum absolute atomic E-state index is 0.0647. The molecule has 0 bridgehead atoms. The van der Waals surface area contributed by atoms with Gasteiger partial charge in [0.2, 0.25) is 0 Å². The Labute approximate surface area is 161 Å². The lowest BCUT2D eigenvalue weighted by Gasteiger charge is -2.11. The van der Waals surface area contributed by atoms with E-state index < -0.39 is 11.7 Å². The van der Waals surface area contributed by atoms with Gasteiger partial charge in [0, 0.05) is 24.7 Å². The van der Waals surface area contributed by atoms with E-state index >= 15 is 0 Å². The van der Waals surface area contributed by atoms with Crippen LogP contribution < -0.4 is 22.7 Å². The molecule has 7 N–H and O–H groups in total. The van der Waals surface area contributed by atoms with Gasteiger partial charge < -0.3 is 16.9 Å². The Bertz CT molecular complexity index is 990. The van der Waals surface area contributed by atoms with Crippen molar-refractivity contribution in [1.29, 1.82) is 0 Å². The second-order valence-corrected chi connectivity index (χ2v) is 6.07. The number of hydrogen-bond donors (Lipinski definition) is 4. The van der Waals surface area contributed by atoms with Crippen LogP contribution in [0, 0.1) is 0 Å². The number of allylic oxidation sites excluding steroid dienone is 5. The molecule has 1 aliphatic carbocycles. The number of anilines is 1. The zero-order valence-corrected chi connectivity index (χ0v) is 15.0. The third-order valence-electron chi connectivity index (χ3n) is 4.22. The van der Waals surface area contributed by atoms with Crippen molar-refractivity contribution in [3.63, 3.8) is 0 Å². The van der Waals surface area contributed by atoms with Crippen LogP contribution in [0.25, 0.3) is 11.1 Å². The molecule has 0 saturated heterocycles. The molecule has 0 fully saturated rings. The molecule has 3 rings (SSSR count). The predicted molar refractivity (Wildman–Crippen MR) is 107 cm³/mol. The van der Waals surface area contributed by atoms with Crippen LogP contribution in [0.3, 0.4) is 0 Å². The van der Waals surface area contributed by atoms with Crippen molar-refractivity contribution in [3.05, 3.63) is 83.2 Å². The highest BCUT2D eigenvalue weighted by Crippen LogP contribution is 2.26. The van der Waals surface area contributed by atoms with Crippen molar-refractivity contribution in [2.75, 3.05) is 5.73 Å². The van der Waals surface area contributed by atoms with Crippen molar-refractivity contribution < 1.29 is 8.78 Å². The minimum Gasteiger partial charge on any atom is -0.383 e. The van der Waals surface area contributed by atoms with Crippen LogP contribution in [0.1, 0.15) is 17.5 Å². The number of aromatic nitrogens is 1. The van der Waals surface area contributed by atoms with Gasteiger partial charge in [-0.1, -0.05) is 36.4 Å². The van der Waals surface area contributed by atoms with Crippen molar-refractivity contribution >= 4 is 11.7 Å². The van der Waals surface area contributed by atoms with Gasteiger partial charge in [-0.2, -0.15) is 0 Å². The molecule has 0 aliphatic heterocycles. The maximum absolute atomic E-state index is 14.2. The van der Waals surface area contributed by atoms with E-state index in [9.17, 15) is 8.78 Å². The fraction of sp³-hybridized carbons (Fsp3) is 0.100. The summed E-state index contributed by atoms with van der Waals surface area (Å²) >= 11 is 0. The van der Waals surface area contributed by atoms with E-state index in [1.807, 2.05) is 24.3 Å². The molecule has 1 aromatic carbocycles. The van der Waals surface area contributed by atoms with Crippen LogP contribution in [0.15, 0.2) is 77.1 Å². The fourth-order valence-electron chi connectivity index (χ4n) is 2.67. The Balaban J connectivity index is 2.04. The normalized spacial score (nSPS) is 14.7.